The maximum atomic E-state index is 12.6. The Bertz CT molecular complexity index is 666. The first-order valence-electron chi connectivity index (χ1n) is 9.00. The van der Waals surface area contributed by atoms with Crippen molar-refractivity contribution < 1.29 is 14.4 Å². The van der Waals surface area contributed by atoms with Crippen LogP contribution in [-0.2, 0) is 9.59 Å². The van der Waals surface area contributed by atoms with Gasteiger partial charge in [0.25, 0.3) is 5.91 Å². The van der Waals surface area contributed by atoms with Crippen molar-refractivity contribution in [1.82, 2.24) is 10.2 Å². The van der Waals surface area contributed by atoms with Gasteiger partial charge in [0, 0.05) is 13.1 Å². The van der Waals surface area contributed by atoms with Gasteiger partial charge in [-0.2, -0.15) is 0 Å². The van der Waals surface area contributed by atoms with Crippen molar-refractivity contribution >= 4 is 23.4 Å². The third kappa shape index (κ3) is 4.00. The summed E-state index contributed by atoms with van der Waals surface area (Å²) >= 11 is 0. The fourth-order valence-electron chi connectivity index (χ4n) is 3.60. The van der Waals surface area contributed by atoms with Gasteiger partial charge in [0.15, 0.2) is 0 Å². The molecule has 0 bridgehead atoms. The summed E-state index contributed by atoms with van der Waals surface area (Å²) in [7, 11) is 1.60. The molecule has 6 nitrogen and oxygen atoms in total. The highest BCUT2D eigenvalue weighted by molar-refractivity contribution is 6.11. The zero-order chi connectivity index (χ0) is 17.8. The summed E-state index contributed by atoms with van der Waals surface area (Å²) in [6.45, 7) is -0.0717. The van der Waals surface area contributed by atoms with Crippen LogP contribution < -0.4 is 10.2 Å². The van der Waals surface area contributed by atoms with Crippen molar-refractivity contribution in [2.45, 2.75) is 44.6 Å². The van der Waals surface area contributed by atoms with E-state index >= 15 is 0 Å². The number of benzene rings is 1. The van der Waals surface area contributed by atoms with Crippen LogP contribution in [-0.4, -0.2) is 48.8 Å². The van der Waals surface area contributed by atoms with E-state index < -0.39 is 0 Å². The SMILES string of the molecule is CN1CC(=O)N(CC(=O)NC2CCCCCC2)c2ccccc2C1=O. The molecule has 0 aromatic heterocycles. The monoisotopic (exact) mass is 343 g/mol. The van der Waals surface area contributed by atoms with Crippen molar-refractivity contribution in [3.63, 3.8) is 0 Å². The maximum absolute atomic E-state index is 12.6. The number of likely N-dealkylation sites (N-methyl/N-ethyl adjacent to an activating group) is 1. The van der Waals surface area contributed by atoms with E-state index in [0.717, 1.165) is 25.7 Å². The van der Waals surface area contributed by atoms with E-state index in [-0.39, 0.29) is 36.9 Å². The molecule has 6 heteroatoms. The maximum Gasteiger partial charge on any atom is 0.256 e. The summed E-state index contributed by atoms with van der Waals surface area (Å²) in [5.74, 6) is -0.598. The third-order valence-corrected chi connectivity index (χ3v) is 4.97. The molecule has 0 unspecified atom stereocenters. The molecule has 1 aliphatic carbocycles. The Kier molecular flexibility index (Phi) is 5.36. The van der Waals surface area contributed by atoms with Gasteiger partial charge in [0.1, 0.15) is 13.1 Å². The topological polar surface area (TPSA) is 69.7 Å². The van der Waals surface area contributed by atoms with Crippen molar-refractivity contribution in [2.24, 2.45) is 0 Å². The second-order valence-corrected chi connectivity index (χ2v) is 6.91. The van der Waals surface area contributed by atoms with Crippen LogP contribution in [0.2, 0.25) is 0 Å². The van der Waals surface area contributed by atoms with Gasteiger partial charge in [-0.05, 0) is 25.0 Å². The molecule has 1 fully saturated rings. The Morgan fingerprint density at radius 3 is 2.52 bits per heavy atom. The summed E-state index contributed by atoms with van der Waals surface area (Å²) in [4.78, 5) is 40.3. The van der Waals surface area contributed by atoms with Crippen molar-refractivity contribution in [3.05, 3.63) is 29.8 Å². The first-order valence-corrected chi connectivity index (χ1v) is 9.00. The molecule has 3 amide bonds. The van der Waals surface area contributed by atoms with E-state index in [1.54, 1.807) is 31.3 Å². The standard InChI is InChI=1S/C19H25N3O3/c1-21-13-18(24)22(16-11-7-6-10-15(16)19(21)25)12-17(23)20-14-8-4-2-3-5-9-14/h6-7,10-11,14H,2-5,8-9,12-13H2,1H3,(H,20,23). The van der Waals surface area contributed by atoms with Crippen LogP contribution in [0.4, 0.5) is 5.69 Å². The smallest absolute Gasteiger partial charge is 0.256 e. The van der Waals surface area contributed by atoms with Crippen LogP contribution in [0.1, 0.15) is 48.9 Å². The fraction of sp³-hybridized carbons (Fsp3) is 0.526. The molecule has 2 aliphatic rings. The van der Waals surface area contributed by atoms with Crippen LogP contribution >= 0.6 is 0 Å². The third-order valence-electron chi connectivity index (χ3n) is 4.97. The van der Waals surface area contributed by atoms with E-state index in [1.165, 1.54) is 22.6 Å². The lowest BCUT2D eigenvalue weighted by atomic mass is 10.1. The molecule has 3 rings (SSSR count). The second kappa shape index (κ2) is 7.68. The molecular formula is C19H25N3O3. The molecular weight excluding hydrogens is 318 g/mol. The number of para-hydroxylation sites is 1. The number of nitrogens with zero attached hydrogens (tertiary/aromatic N) is 2. The number of rotatable bonds is 3. The highest BCUT2D eigenvalue weighted by Gasteiger charge is 2.31. The number of nitrogens with one attached hydrogen (secondary N) is 1. The van der Waals surface area contributed by atoms with E-state index in [9.17, 15) is 14.4 Å². The number of amides is 3. The van der Waals surface area contributed by atoms with Gasteiger partial charge < -0.3 is 15.1 Å². The van der Waals surface area contributed by atoms with Crippen LogP contribution in [0.3, 0.4) is 0 Å². The zero-order valence-electron chi connectivity index (χ0n) is 14.7. The van der Waals surface area contributed by atoms with Gasteiger partial charge in [-0.1, -0.05) is 37.8 Å². The van der Waals surface area contributed by atoms with Crippen LogP contribution in [0.25, 0.3) is 0 Å². The summed E-state index contributed by atoms with van der Waals surface area (Å²) < 4.78 is 0. The number of anilines is 1. The average molecular weight is 343 g/mol. The van der Waals surface area contributed by atoms with Crippen LogP contribution in [0.15, 0.2) is 24.3 Å². The molecule has 134 valence electrons. The quantitative estimate of drug-likeness (QED) is 0.853. The highest BCUT2D eigenvalue weighted by Crippen LogP contribution is 2.25. The molecule has 1 N–H and O–H groups in total. The van der Waals surface area contributed by atoms with Crippen LogP contribution in [0.5, 0.6) is 0 Å². The Labute approximate surface area is 148 Å². The lowest BCUT2D eigenvalue weighted by molar-refractivity contribution is -0.124. The van der Waals surface area contributed by atoms with Crippen molar-refractivity contribution in [2.75, 3.05) is 25.0 Å². The molecule has 0 atom stereocenters. The van der Waals surface area contributed by atoms with Crippen molar-refractivity contribution in [3.8, 4) is 0 Å². The highest BCUT2D eigenvalue weighted by atomic mass is 16.2. The summed E-state index contributed by atoms with van der Waals surface area (Å²) in [5, 5.41) is 3.07. The Morgan fingerprint density at radius 1 is 1.12 bits per heavy atom. The molecule has 1 aromatic rings. The summed E-state index contributed by atoms with van der Waals surface area (Å²) in [6, 6.07) is 7.16. The van der Waals surface area contributed by atoms with Gasteiger partial charge in [-0.15, -0.1) is 0 Å². The molecule has 1 aromatic carbocycles. The minimum Gasteiger partial charge on any atom is -0.352 e. The molecule has 25 heavy (non-hydrogen) atoms. The van der Waals surface area contributed by atoms with E-state index in [1.807, 2.05) is 0 Å². The van der Waals surface area contributed by atoms with E-state index in [2.05, 4.69) is 5.32 Å². The molecule has 1 aliphatic heterocycles. The lowest BCUT2D eigenvalue weighted by Gasteiger charge is -2.23. The van der Waals surface area contributed by atoms with Crippen molar-refractivity contribution in [1.29, 1.82) is 0 Å². The minimum atomic E-state index is -0.239. The van der Waals surface area contributed by atoms with Gasteiger partial charge in [-0.3, -0.25) is 14.4 Å². The van der Waals surface area contributed by atoms with Gasteiger partial charge in [-0.25, -0.2) is 0 Å². The first kappa shape index (κ1) is 17.5. The minimum absolute atomic E-state index is 0.0236. The van der Waals surface area contributed by atoms with Gasteiger partial charge in [0.2, 0.25) is 11.8 Å². The first-order chi connectivity index (χ1) is 12.1. The second-order valence-electron chi connectivity index (χ2n) is 6.91. The Morgan fingerprint density at radius 2 is 1.80 bits per heavy atom. The molecule has 1 heterocycles. The number of fused-ring (bicyclic) bond motifs is 1. The van der Waals surface area contributed by atoms with Gasteiger partial charge >= 0.3 is 0 Å². The molecule has 0 radical (unpaired) electrons. The Hall–Kier alpha value is -2.37. The average Bonchev–Trinajstić information content (AvgIpc) is 2.90. The summed E-state index contributed by atoms with van der Waals surface area (Å²) in [6.07, 6.45) is 6.71. The van der Waals surface area contributed by atoms with E-state index in [0.29, 0.717) is 11.3 Å². The predicted octanol–water partition coefficient (Wildman–Crippen LogP) is 1.94. The normalized spacial score (nSPS) is 19.2. The summed E-state index contributed by atoms with van der Waals surface area (Å²) in [5.41, 5.74) is 0.969. The number of carbonyl (C=O) groups excluding carboxylic acids is 3. The lowest BCUT2D eigenvalue weighted by Crippen LogP contribution is -2.46. The number of hydrogen-bond donors (Lipinski definition) is 1. The fourth-order valence-corrected chi connectivity index (χ4v) is 3.60. The Balaban J connectivity index is 1.76. The zero-order valence-corrected chi connectivity index (χ0v) is 14.7. The molecule has 0 saturated heterocycles. The predicted molar refractivity (Wildman–Crippen MR) is 95.4 cm³/mol. The largest absolute Gasteiger partial charge is 0.352 e. The van der Waals surface area contributed by atoms with Gasteiger partial charge in [0.05, 0.1) is 11.3 Å². The van der Waals surface area contributed by atoms with Crippen LogP contribution in [0, 0.1) is 0 Å². The molecule has 0 spiro atoms. The number of carbonyl (C=O) groups is 3. The van der Waals surface area contributed by atoms with E-state index in [4.69, 9.17) is 0 Å². The molecule has 1 saturated carbocycles. The number of hydrogen-bond acceptors (Lipinski definition) is 3.